The van der Waals surface area contributed by atoms with Gasteiger partial charge in [-0.05, 0) is 0 Å². The molecule has 2 aromatic carbocycles. The maximum absolute atomic E-state index is 12.1. The van der Waals surface area contributed by atoms with Crippen LogP contribution in [-0.2, 0) is 0 Å². The van der Waals surface area contributed by atoms with Crippen LogP contribution < -0.4 is 14.0 Å². The van der Waals surface area contributed by atoms with E-state index in [0.29, 0.717) is 10.7 Å². The third-order valence-corrected chi connectivity index (χ3v) is 4.47. The third kappa shape index (κ3) is 4.34. The van der Waals surface area contributed by atoms with Gasteiger partial charge in [0.15, 0.2) is 0 Å². The van der Waals surface area contributed by atoms with Gasteiger partial charge in [0.25, 0.3) is 0 Å². The Morgan fingerprint density at radius 3 is 2.26 bits per heavy atom. The monoisotopic (exact) mass is 386 g/mol. The predicted molar refractivity (Wildman–Crippen MR) is 77.9 cm³/mol. The first-order valence-electron chi connectivity index (χ1n) is 6.42. The Balaban J connectivity index is 1.69. The molecule has 1 heterocycles. The molecule has 23 heavy (non-hydrogen) atoms. The Bertz CT molecular complexity index is 773. The van der Waals surface area contributed by atoms with E-state index in [0.717, 1.165) is 10.0 Å². The van der Waals surface area contributed by atoms with Gasteiger partial charge in [0.05, 0.1) is 0 Å². The van der Waals surface area contributed by atoms with E-state index in [1.165, 1.54) is 12.1 Å². The number of alkyl halides is 3. The molecule has 0 amide bonds. The van der Waals surface area contributed by atoms with Crippen molar-refractivity contribution in [1.29, 1.82) is 0 Å². The van der Waals surface area contributed by atoms with E-state index in [-0.39, 0.29) is 20.7 Å². The normalized spacial score (nSPS) is 11.4. The molecule has 3 rings (SSSR count). The molecule has 0 N–H and O–H groups in total. The molecule has 0 aliphatic heterocycles. The van der Waals surface area contributed by atoms with Gasteiger partial charge in [-0.1, -0.05) is 0 Å². The molecular formula is C15H9F3N2O2Se. The Labute approximate surface area is 135 Å². The number of rotatable bonds is 4. The van der Waals surface area contributed by atoms with Gasteiger partial charge in [0.1, 0.15) is 0 Å². The molecule has 118 valence electrons. The zero-order valence-electron chi connectivity index (χ0n) is 11.4. The minimum absolute atomic E-state index is 0.257. The fourth-order valence-electron chi connectivity index (χ4n) is 1.76. The summed E-state index contributed by atoms with van der Waals surface area (Å²) in [5.74, 6) is 0.159. The average molecular weight is 385 g/mol. The first kappa shape index (κ1) is 15.6. The second-order valence-electron chi connectivity index (χ2n) is 4.36. The van der Waals surface area contributed by atoms with Crippen molar-refractivity contribution >= 4 is 24.2 Å². The number of aromatic nitrogens is 2. The van der Waals surface area contributed by atoms with Gasteiger partial charge in [0.2, 0.25) is 0 Å². The summed E-state index contributed by atoms with van der Waals surface area (Å²) in [7, 11) is 0. The Kier molecular flexibility index (Phi) is 4.36. The summed E-state index contributed by atoms with van der Waals surface area (Å²) in [6.45, 7) is 0. The van der Waals surface area contributed by atoms with Crippen LogP contribution in [0.5, 0.6) is 5.75 Å². The van der Waals surface area contributed by atoms with E-state index in [1.807, 2.05) is 30.3 Å². The summed E-state index contributed by atoms with van der Waals surface area (Å²) in [6.07, 6.45) is -4.69. The van der Waals surface area contributed by atoms with Crippen molar-refractivity contribution in [2.24, 2.45) is 0 Å². The molecule has 0 atom stereocenters. The van der Waals surface area contributed by atoms with Gasteiger partial charge in [-0.3, -0.25) is 0 Å². The van der Waals surface area contributed by atoms with E-state index >= 15 is 0 Å². The van der Waals surface area contributed by atoms with Gasteiger partial charge < -0.3 is 0 Å². The van der Waals surface area contributed by atoms with Crippen LogP contribution in [0.1, 0.15) is 0 Å². The summed E-state index contributed by atoms with van der Waals surface area (Å²) >= 11 is -0.295. The molecule has 0 saturated heterocycles. The third-order valence-electron chi connectivity index (χ3n) is 2.69. The quantitative estimate of drug-likeness (QED) is 0.647. The SMILES string of the molecule is FC(F)(F)Oc1ccc([Se]c2nnc(-c3ccccc3)o2)cc1. The van der Waals surface area contributed by atoms with Gasteiger partial charge >= 0.3 is 135 Å². The van der Waals surface area contributed by atoms with Crippen LogP contribution >= 0.6 is 0 Å². The second kappa shape index (κ2) is 6.44. The number of benzene rings is 2. The molecule has 0 bridgehead atoms. The van der Waals surface area contributed by atoms with Gasteiger partial charge in [-0.2, -0.15) is 0 Å². The van der Waals surface area contributed by atoms with Crippen LogP contribution in [0, 0.1) is 0 Å². The zero-order chi connectivity index (χ0) is 16.3. The number of ether oxygens (including phenoxy) is 1. The fraction of sp³-hybridized carbons (Fsp3) is 0.0667. The maximum atomic E-state index is 12.1. The van der Waals surface area contributed by atoms with Crippen molar-refractivity contribution in [3.8, 4) is 17.2 Å². The molecule has 3 aromatic rings. The Hall–Kier alpha value is -2.31. The number of nitrogens with zero attached hydrogens (tertiary/aromatic N) is 2. The van der Waals surface area contributed by atoms with Crippen molar-refractivity contribution in [2.75, 3.05) is 0 Å². The van der Waals surface area contributed by atoms with E-state index < -0.39 is 6.36 Å². The minimum atomic E-state index is -4.69. The first-order chi connectivity index (χ1) is 11.0. The topological polar surface area (TPSA) is 48.2 Å². The standard InChI is InChI=1S/C15H9F3N2O2Se/c16-15(17,18)22-11-6-8-12(9-7-11)23-14-20-19-13(21-14)10-4-2-1-3-5-10/h1-9H. The van der Waals surface area contributed by atoms with Crippen molar-refractivity contribution in [1.82, 2.24) is 10.2 Å². The molecule has 1 aromatic heterocycles. The zero-order valence-corrected chi connectivity index (χ0v) is 13.2. The number of hydrogen-bond acceptors (Lipinski definition) is 4. The number of halogens is 3. The van der Waals surface area contributed by atoms with E-state index in [1.54, 1.807) is 12.1 Å². The summed E-state index contributed by atoms with van der Waals surface area (Å²) in [5.41, 5.74) is 0.816. The molecule has 0 spiro atoms. The van der Waals surface area contributed by atoms with Crippen LogP contribution in [0.2, 0.25) is 0 Å². The molecule has 4 nitrogen and oxygen atoms in total. The molecule has 0 saturated carbocycles. The van der Waals surface area contributed by atoms with Crippen LogP contribution in [-0.4, -0.2) is 31.5 Å². The average Bonchev–Trinajstić information content (AvgIpc) is 2.97. The Morgan fingerprint density at radius 2 is 1.61 bits per heavy atom. The van der Waals surface area contributed by atoms with Crippen molar-refractivity contribution < 1.29 is 22.3 Å². The van der Waals surface area contributed by atoms with Crippen LogP contribution in [0.25, 0.3) is 11.5 Å². The summed E-state index contributed by atoms with van der Waals surface area (Å²) in [6, 6.07) is 14.9. The molecule has 0 fully saturated rings. The van der Waals surface area contributed by atoms with E-state index in [2.05, 4.69) is 14.9 Å². The fourth-order valence-corrected chi connectivity index (χ4v) is 3.18. The van der Waals surface area contributed by atoms with Crippen molar-refractivity contribution in [3.63, 3.8) is 0 Å². The van der Waals surface area contributed by atoms with Crippen LogP contribution in [0.3, 0.4) is 0 Å². The summed E-state index contributed by atoms with van der Waals surface area (Å²) in [4.78, 5) is 0.445. The van der Waals surface area contributed by atoms with Gasteiger partial charge in [-0.25, -0.2) is 0 Å². The summed E-state index contributed by atoms with van der Waals surface area (Å²) < 4.78 is 46.5. The second-order valence-corrected chi connectivity index (χ2v) is 6.51. The first-order valence-corrected chi connectivity index (χ1v) is 8.13. The van der Waals surface area contributed by atoms with E-state index in [4.69, 9.17) is 4.42 Å². The molecule has 0 aliphatic carbocycles. The van der Waals surface area contributed by atoms with Crippen molar-refractivity contribution in [3.05, 3.63) is 54.6 Å². The molecule has 0 unspecified atom stereocenters. The van der Waals surface area contributed by atoms with Crippen LogP contribution in [0.4, 0.5) is 13.2 Å². The van der Waals surface area contributed by atoms with Crippen molar-refractivity contribution in [2.45, 2.75) is 6.36 Å². The molecule has 0 radical (unpaired) electrons. The number of hydrogen-bond donors (Lipinski definition) is 0. The molecule has 0 aliphatic rings. The van der Waals surface area contributed by atoms with Crippen LogP contribution in [0.15, 0.2) is 59.0 Å². The molecular weight excluding hydrogens is 376 g/mol. The van der Waals surface area contributed by atoms with Gasteiger partial charge in [-0.15, -0.1) is 0 Å². The predicted octanol–water partition coefficient (Wildman–Crippen LogP) is 2.29. The van der Waals surface area contributed by atoms with E-state index in [9.17, 15) is 13.2 Å². The molecule has 8 heteroatoms. The van der Waals surface area contributed by atoms with Gasteiger partial charge in [0, 0.05) is 0 Å². The Morgan fingerprint density at radius 1 is 0.913 bits per heavy atom. The summed E-state index contributed by atoms with van der Waals surface area (Å²) in [5, 5.41) is 7.94.